The minimum absolute atomic E-state index is 0.181. The van der Waals surface area contributed by atoms with Crippen molar-refractivity contribution < 1.29 is 18.3 Å². The van der Waals surface area contributed by atoms with E-state index in [2.05, 4.69) is 0 Å². The van der Waals surface area contributed by atoms with Crippen LogP contribution in [0.5, 0.6) is 0 Å². The average molecular weight is 359 g/mol. The Kier molecular flexibility index (Phi) is 5.99. The fraction of sp³-hybridized carbons (Fsp3) is 0.381. The summed E-state index contributed by atoms with van der Waals surface area (Å²) >= 11 is 0. The highest BCUT2D eigenvalue weighted by molar-refractivity contribution is 5.77. The Balaban J connectivity index is 1.66. The van der Waals surface area contributed by atoms with Crippen molar-refractivity contribution >= 4 is 5.97 Å². The van der Waals surface area contributed by atoms with Crippen LogP contribution in [0.25, 0.3) is 0 Å². The maximum Gasteiger partial charge on any atom is 0.328 e. The van der Waals surface area contributed by atoms with Crippen molar-refractivity contribution in [2.75, 3.05) is 19.7 Å². The molecule has 1 heterocycles. The molecular weight excluding hydrogens is 336 g/mol. The van der Waals surface area contributed by atoms with Crippen molar-refractivity contribution in [2.24, 2.45) is 0 Å². The third kappa shape index (κ3) is 4.88. The summed E-state index contributed by atoms with van der Waals surface area (Å²) in [7, 11) is 0. The van der Waals surface area contributed by atoms with Crippen LogP contribution in [0.4, 0.5) is 8.78 Å². The highest BCUT2D eigenvalue weighted by atomic mass is 19.3. The number of piperidine rings is 1. The summed E-state index contributed by atoms with van der Waals surface area (Å²) in [4.78, 5) is 14.5. The highest BCUT2D eigenvalue weighted by Crippen LogP contribution is 2.33. The summed E-state index contributed by atoms with van der Waals surface area (Å²) < 4.78 is 32.5. The maximum absolute atomic E-state index is 13.5. The Morgan fingerprint density at radius 2 is 1.58 bits per heavy atom. The molecular formula is C21H23F2NO2. The molecule has 0 N–H and O–H groups in total. The van der Waals surface area contributed by atoms with E-state index in [0.717, 1.165) is 11.1 Å². The first-order valence-corrected chi connectivity index (χ1v) is 8.92. The van der Waals surface area contributed by atoms with Crippen LogP contribution in [-0.2, 0) is 16.0 Å². The molecule has 0 aromatic heterocycles. The van der Waals surface area contributed by atoms with Gasteiger partial charge in [0.2, 0.25) is 0 Å². The van der Waals surface area contributed by atoms with E-state index in [9.17, 15) is 13.6 Å². The number of halogens is 2. The molecule has 138 valence electrons. The van der Waals surface area contributed by atoms with Gasteiger partial charge in [-0.2, -0.15) is 0 Å². The summed E-state index contributed by atoms with van der Waals surface area (Å²) in [6, 6.07) is 18.4. The molecule has 0 radical (unpaired) electrons. The van der Waals surface area contributed by atoms with Crippen LogP contribution in [0.3, 0.4) is 0 Å². The van der Waals surface area contributed by atoms with E-state index in [0.29, 0.717) is 6.42 Å². The molecule has 0 spiro atoms. The summed E-state index contributed by atoms with van der Waals surface area (Å²) in [5.74, 6) is -3.02. The summed E-state index contributed by atoms with van der Waals surface area (Å²) in [6.07, 6.45) is 0.174. The van der Waals surface area contributed by atoms with Crippen LogP contribution in [0.1, 0.15) is 30.0 Å². The van der Waals surface area contributed by atoms with Gasteiger partial charge in [-0.05, 0) is 11.1 Å². The van der Waals surface area contributed by atoms with Gasteiger partial charge in [-0.25, -0.2) is 13.6 Å². The molecule has 1 aliphatic rings. The molecule has 3 rings (SSSR count). The normalized spacial score (nSPS) is 18.2. The zero-order valence-corrected chi connectivity index (χ0v) is 14.6. The van der Waals surface area contributed by atoms with E-state index < -0.39 is 12.0 Å². The topological polar surface area (TPSA) is 29.5 Å². The molecule has 5 heteroatoms. The molecule has 0 saturated carbocycles. The molecule has 1 saturated heterocycles. The van der Waals surface area contributed by atoms with Crippen LogP contribution in [0.15, 0.2) is 60.7 Å². The van der Waals surface area contributed by atoms with Gasteiger partial charge in [0.15, 0.2) is 0 Å². The summed E-state index contributed by atoms with van der Waals surface area (Å²) in [5, 5.41) is 0. The van der Waals surface area contributed by atoms with E-state index in [1.54, 1.807) is 4.90 Å². The van der Waals surface area contributed by atoms with Crippen molar-refractivity contribution in [3.05, 3.63) is 71.8 Å². The molecule has 0 aliphatic carbocycles. The fourth-order valence-electron chi connectivity index (χ4n) is 3.23. The largest absolute Gasteiger partial charge is 0.464 e. The van der Waals surface area contributed by atoms with E-state index in [4.69, 9.17) is 4.74 Å². The quantitative estimate of drug-likeness (QED) is 0.723. The van der Waals surface area contributed by atoms with E-state index >= 15 is 0 Å². The average Bonchev–Trinajstić information content (AvgIpc) is 2.65. The number of hydrogen-bond acceptors (Lipinski definition) is 3. The number of rotatable bonds is 6. The lowest BCUT2D eigenvalue weighted by molar-refractivity contribution is -0.153. The summed E-state index contributed by atoms with van der Waals surface area (Å²) in [5.41, 5.74) is 1.87. The van der Waals surface area contributed by atoms with Crippen molar-refractivity contribution in [3.63, 3.8) is 0 Å². The Morgan fingerprint density at radius 1 is 1.00 bits per heavy atom. The second-order valence-corrected chi connectivity index (χ2v) is 6.61. The van der Waals surface area contributed by atoms with Crippen molar-refractivity contribution in [3.8, 4) is 0 Å². The lowest BCUT2D eigenvalue weighted by Gasteiger charge is -2.36. The number of alkyl halides is 2. The number of carbonyl (C=O) groups excluding carboxylic acids is 1. The van der Waals surface area contributed by atoms with Crippen LogP contribution < -0.4 is 0 Å². The number of ether oxygens (including phenoxy) is 1. The first-order valence-electron chi connectivity index (χ1n) is 8.92. The lowest BCUT2D eigenvalue weighted by atomic mass is 10.00. The van der Waals surface area contributed by atoms with Crippen LogP contribution >= 0.6 is 0 Å². The van der Waals surface area contributed by atoms with Gasteiger partial charge in [0.25, 0.3) is 5.92 Å². The molecule has 0 bridgehead atoms. The predicted molar refractivity (Wildman–Crippen MR) is 96.0 cm³/mol. The van der Waals surface area contributed by atoms with Gasteiger partial charge >= 0.3 is 5.97 Å². The number of hydrogen-bond donors (Lipinski definition) is 0. The van der Waals surface area contributed by atoms with Crippen molar-refractivity contribution in [2.45, 2.75) is 31.2 Å². The molecule has 1 aliphatic heterocycles. The van der Waals surface area contributed by atoms with E-state index in [-0.39, 0.29) is 38.5 Å². The number of likely N-dealkylation sites (tertiary alicyclic amines) is 1. The van der Waals surface area contributed by atoms with Gasteiger partial charge in [0.1, 0.15) is 6.04 Å². The molecule has 2 aromatic carbocycles. The van der Waals surface area contributed by atoms with E-state index in [1.807, 2.05) is 60.7 Å². The number of benzene rings is 2. The van der Waals surface area contributed by atoms with Crippen LogP contribution in [-0.4, -0.2) is 36.5 Å². The van der Waals surface area contributed by atoms with Gasteiger partial charge in [0.05, 0.1) is 6.61 Å². The predicted octanol–water partition coefficient (Wildman–Crippen LogP) is 4.24. The minimum atomic E-state index is -2.64. The number of esters is 1. The highest BCUT2D eigenvalue weighted by Gasteiger charge is 2.39. The fourth-order valence-corrected chi connectivity index (χ4v) is 3.23. The zero-order valence-electron chi connectivity index (χ0n) is 14.6. The van der Waals surface area contributed by atoms with Gasteiger partial charge in [-0.3, -0.25) is 4.90 Å². The Labute approximate surface area is 152 Å². The minimum Gasteiger partial charge on any atom is -0.464 e. The SMILES string of the molecule is O=C(OCCc1ccccc1)C(c1ccccc1)N1CCC(F)(F)CC1. The van der Waals surface area contributed by atoms with E-state index in [1.165, 1.54) is 0 Å². The number of nitrogens with zero attached hydrogens (tertiary/aromatic N) is 1. The van der Waals surface area contributed by atoms with Crippen molar-refractivity contribution in [1.29, 1.82) is 0 Å². The van der Waals surface area contributed by atoms with Crippen LogP contribution in [0, 0.1) is 0 Å². The molecule has 0 amide bonds. The lowest BCUT2D eigenvalue weighted by Crippen LogP contribution is -2.44. The van der Waals surface area contributed by atoms with Gasteiger partial charge in [-0.1, -0.05) is 60.7 Å². The zero-order chi connectivity index (χ0) is 18.4. The molecule has 3 nitrogen and oxygen atoms in total. The Bertz CT molecular complexity index is 696. The second kappa shape index (κ2) is 8.41. The third-order valence-electron chi connectivity index (χ3n) is 4.71. The molecule has 26 heavy (non-hydrogen) atoms. The number of carbonyl (C=O) groups is 1. The van der Waals surface area contributed by atoms with Gasteiger partial charge in [0, 0.05) is 32.4 Å². The standard InChI is InChI=1S/C21H23F2NO2/c22-21(23)12-14-24(15-13-21)19(18-9-5-2-6-10-18)20(25)26-16-11-17-7-3-1-4-8-17/h1-10,19H,11-16H2. The molecule has 1 unspecified atom stereocenters. The second-order valence-electron chi connectivity index (χ2n) is 6.61. The first-order chi connectivity index (χ1) is 12.6. The monoisotopic (exact) mass is 359 g/mol. The first kappa shape index (κ1) is 18.5. The third-order valence-corrected chi connectivity index (χ3v) is 4.71. The van der Waals surface area contributed by atoms with Crippen molar-refractivity contribution in [1.82, 2.24) is 4.90 Å². The molecule has 2 aromatic rings. The summed E-state index contributed by atoms with van der Waals surface area (Å²) in [6.45, 7) is 0.636. The molecule has 1 atom stereocenters. The van der Waals surface area contributed by atoms with Gasteiger partial charge in [-0.15, -0.1) is 0 Å². The Hall–Kier alpha value is -2.27. The van der Waals surface area contributed by atoms with Crippen LogP contribution in [0.2, 0.25) is 0 Å². The molecule has 1 fully saturated rings. The maximum atomic E-state index is 13.5. The Morgan fingerprint density at radius 3 is 2.19 bits per heavy atom. The van der Waals surface area contributed by atoms with Gasteiger partial charge < -0.3 is 4.74 Å². The smallest absolute Gasteiger partial charge is 0.328 e.